The molecule has 0 bridgehead atoms. The first-order valence-corrected chi connectivity index (χ1v) is 4.19. The van der Waals surface area contributed by atoms with E-state index in [1.807, 2.05) is 0 Å². The van der Waals surface area contributed by atoms with Crippen LogP contribution >= 0.6 is 0 Å². The summed E-state index contributed by atoms with van der Waals surface area (Å²) in [6, 6.07) is 4.77. The minimum Gasteiger partial charge on any atom is -0.399 e. The highest BCUT2D eigenvalue weighted by Crippen LogP contribution is 2.14. The van der Waals surface area contributed by atoms with E-state index >= 15 is 0 Å². The normalized spacial score (nSPS) is 12.9. The first kappa shape index (κ1) is 8.23. The van der Waals surface area contributed by atoms with Gasteiger partial charge in [0, 0.05) is 5.69 Å². The van der Waals surface area contributed by atoms with Crippen LogP contribution in [0.4, 0.5) is 5.69 Å². The molecule has 60 valence electrons. The van der Waals surface area contributed by atoms with E-state index in [9.17, 15) is 4.21 Å². The van der Waals surface area contributed by atoms with Gasteiger partial charge >= 0.3 is 0 Å². The molecular weight excluding hydrogens is 162 g/mol. The fraction of sp³-hybridized carbons (Fsp3) is 0.143. The Labute approximate surface area is 67.5 Å². The minimum absolute atomic E-state index is 0.386. The van der Waals surface area contributed by atoms with Crippen molar-refractivity contribution in [1.29, 1.82) is 0 Å². The highest BCUT2D eigenvalue weighted by molar-refractivity contribution is 7.79. The first-order valence-electron chi connectivity index (χ1n) is 3.08. The van der Waals surface area contributed by atoms with Gasteiger partial charge in [0.15, 0.2) is 11.1 Å². The van der Waals surface area contributed by atoms with Gasteiger partial charge < -0.3 is 10.3 Å². The molecule has 0 amide bonds. The molecule has 0 aliphatic carbocycles. The van der Waals surface area contributed by atoms with Gasteiger partial charge in [-0.05, 0) is 30.7 Å². The predicted molar refractivity (Wildman–Crippen MR) is 44.6 cm³/mol. The van der Waals surface area contributed by atoms with Gasteiger partial charge in [-0.1, -0.05) is 0 Å². The molecule has 0 aromatic heterocycles. The van der Waals surface area contributed by atoms with Crippen molar-refractivity contribution in [2.45, 2.75) is 11.8 Å². The zero-order chi connectivity index (χ0) is 8.43. The van der Waals surface area contributed by atoms with Crippen molar-refractivity contribution >= 4 is 16.8 Å². The van der Waals surface area contributed by atoms with E-state index < -0.39 is 11.1 Å². The van der Waals surface area contributed by atoms with Crippen LogP contribution in [0.1, 0.15) is 5.56 Å². The molecule has 0 fully saturated rings. The average Bonchev–Trinajstić information content (AvgIpc) is 1.94. The number of hydrogen-bond donors (Lipinski definition) is 2. The molecule has 0 spiro atoms. The Kier molecular flexibility index (Phi) is 2.26. The third kappa shape index (κ3) is 1.78. The van der Waals surface area contributed by atoms with E-state index in [0.717, 1.165) is 5.56 Å². The number of nitrogen functional groups attached to an aromatic ring is 1. The third-order valence-corrected chi connectivity index (χ3v) is 2.10. The van der Waals surface area contributed by atoms with Crippen molar-refractivity contribution in [3.8, 4) is 0 Å². The largest absolute Gasteiger partial charge is 0.399 e. The maximum Gasteiger partial charge on any atom is 0.186 e. The zero-order valence-corrected chi connectivity index (χ0v) is 6.89. The van der Waals surface area contributed by atoms with Gasteiger partial charge in [0.1, 0.15) is 0 Å². The highest BCUT2D eigenvalue weighted by atomic mass is 32.2. The lowest BCUT2D eigenvalue weighted by Crippen LogP contribution is -1.93. The van der Waals surface area contributed by atoms with Crippen LogP contribution in [0.5, 0.6) is 0 Å². The van der Waals surface area contributed by atoms with E-state index in [4.69, 9.17) is 10.3 Å². The molecule has 4 heteroatoms. The lowest BCUT2D eigenvalue weighted by molar-refractivity contribution is 0.564. The Morgan fingerprint density at radius 1 is 1.55 bits per heavy atom. The molecule has 1 unspecified atom stereocenters. The van der Waals surface area contributed by atoms with Crippen molar-refractivity contribution in [3.63, 3.8) is 0 Å². The van der Waals surface area contributed by atoms with E-state index in [1.165, 1.54) is 0 Å². The minimum atomic E-state index is -1.90. The quantitative estimate of drug-likeness (QED) is 0.492. The van der Waals surface area contributed by atoms with Crippen LogP contribution in [0.2, 0.25) is 0 Å². The molecule has 11 heavy (non-hydrogen) atoms. The molecule has 1 atom stereocenters. The Morgan fingerprint density at radius 2 is 2.18 bits per heavy atom. The number of nitrogens with two attached hydrogens (primary N) is 1. The number of benzene rings is 1. The van der Waals surface area contributed by atoms with Crippen LogP contribution in [0.25, 0.3) is 0 Å². The van der Waals surface area contributed by atoms with Gasteiger partial charge in [-0.2, -0.15) is 0 Å². The van der Waals surface area contributed by atoms with Gasteiger partial charge in [-0.3, -0.25) is 0 Å². The Bertz CT molecular complexity index is 298. The number of aryl methyl sites for hydroxylation is 1. The topological polar surface area (TPSA) is 63.3 Å². The summed E-state index contributed by atoms with van der Waals surface area (Å²) >= 11 is -1.90. The maximum absolute atomic E-state index is 10.5. The lowest BCUT2D eigenvalue weighted by atomic mass is 10.2. The summed E-state index contributed by atoms with van der Waals surface area (Å²) in [5.41, 5.74) is 6.97. The third-order valence-electron chi connectivity index (χ3n) is 1.44. The molecular formula is C7H9NO2S. The second kappa shape index (κ2) is 3.02. The molecule has 1 rings (SSSR count). The van der Waals surface area contributed by atoms with Crippen molar-refractivity contribution in [1.82, 2.24) is 0 Å². The summed E-state index contributed by atoms with van der Waals surface area (Å²) in [4.78, 5) is 0.386. The summed E-state index contributed by atoms with van der Waals surface area (Å²) in [6.07, 6.45) is 0. The molecule has 1 aromatic carbocycles. The fourth-order valence-corrected chi connectivity index (χ4v) is 1.22. The van der Waals surface area contributed by atoms with Crippen molar-refractivity contribution in [3.05, 3.63) is 23.8 Å². The predicted octanol–water partition coefficient (Wildman–Crippen LogP) is 1.16. The van der Waals surface area contributed by atoms with Crippen molar-refractivity contribution < 1.29 is 8.76 Å². The fourth-order valence-electron chi connectivity index (χ4n) is 0.757. The van der Waals surface area contributed by atoms with Crippen LogP contribution in [0.15, 0.2) is 23.1 Å². The van der Waals surface area contributed by atoms with Gasteiger partial charge in [-0.15, -0.1) is 0 Å². The van der Waals surface area contributed by atoms with Gasteiger partial charge in [0.2, 0.25) is 0 Å². The molecule has 0 heterocycles. The summed E-state index contributed by atoms with van der Waals surface area (Å²) in [7, 11) is 0. The average molecular weight is 171 g/mol. The van der Waals surface area contributed by atoms with Crippen LogP contribution in [-0.2, 0) is 11.1 Å². The van der Waals surface area contributed by atoms with E-state index in [-0.39, 0.29) is 0 Å². The van der Waals surface area contributed by atoms with E-state index in [0.29, 0.717) is 10.6 Å². The van der Waals surface area contributed by atoms with Gasteiger partial charge in [-0.25, -0.2) is 4.21 Å². The van der Waals surface area contributed by atoms with Crippen LogP contribution in [0, 0.1) is 6.92 Å². The van der Waals surface area contributed by atoms with Crippen LogP contribution in [0.3, 0.4) is 0 Å². The van der Waals surface area contributed by atoms with Gasteiger partial charge in [0.05, 0.1) is 4.90 Å². The summed E-state index contributed by atoms with van der Waals surface area (Å²) in [5.74, 6) is 0. The number of rotatable bonds is 1. The monoisotopic (exact) mass is 171 g/mol. The molecule has 0 aliphatic rings. The standard InChI is InChI=1S/C7H9NO2S/c1-5-4-6(11(9)10)2-3-7(5)8/h2-4H,8H2,1H3,(H,9,10). The SMILES string of the molecule is Cc1cc(S(=O)O)ccc1N. The summed E-state index contributed by atoms with van der Waals surface area (Å²) < 4.78 is 19.2. The number of hydrogen-bond acceptors (Lipinski definition) is 2. The zero-order valence-electron chi connectivity index (χ0n) is 6.07. The molecule has 3 nitrogen and oxygen atoms in total. The number of anilines is 1. The molecule has 3 N–H and O–H groups in total. The summed E-state index contributed by atoms with van der Waals surface area (Å²) in [6.45, 7) is 1.80. The Morgan fingerprint density at radius 3 is 2.64 bits per heavy atom. The molecule has 0 radical (unpaired) electrons. The van der Waals surface area contributed by atoms with Crippen LogP contribution < -0.4 is 5.73 Å². The second-order valence-electron chi connectivity index (χ2n) is 2.27. The molecule has 0 saturated carbocycles. The Balaban J connectivity index is 3.15. The van der Waals surface area contributed by atoms with Crippen LogP contribution in [-0.4, -0.2) is 8.76 Å². The smallest absolute Gasteiger partial charge is 0.186 e. The van der Waals surface area contributed by atoms with E-state index in [2.05, 4.69) is 0 Å². The molecule has 0 aliphatic heterocycles. The van der Waals surface area contributed by atoms with Gasteiger partial charge in [0.25, 0.3) is 0 Å². The molecule has 0 saturated heterocycles. The molecule has 1 aromatic rings. The highest BCUT2D eigenvalue weighted by Gasteiger charge is 2.00. The lowest BCUT2D eigenvalue weighted by Gasteiger charge is -2.00. The first-order chi connectivity index (χ1) is 5.11. The van der Waals surface area contributed by atoms with Crippen molar-refractivity contribution in [2.75, 3.05) is 5.73 Å². The Hall–Kier alpha value is -0.870. The van der Waals surface area contributed by atoms with E-state index in [1.54, 1.807) is 25.1 Å². The maximum atomic E-state index is 10.5. The van der Waals surface area contributed by atoms with Crippen molar-refractivity contribution in [2.24, 2.45) is 0 Å². The second-order valence-corrected chi connectivity index (χ2v) is 3.24. The summed E-state index contributed by atoms with van der Waals surface area (Å²) in [5, 5.41) is 0.